The Morgan fingerprint density at radius 3 is 2.52 bits per heavy atom. The van der Waals surface area contributed by atoms with Crippen molar-refractivity contribution in [2.24, 2.45) is 10.4 Å². The van der Waals surface area contributed by atoms with Crippen LogP contribution in [0, 0.1) is 5.41 Å². The molecule has 33 heavy (non-hydrogen) atoms. The van der Waals surface area contributed by atoms with E-state index >= 15 is 0 Å². The van der Waals surface area contributed by atoms with Crippen LogP contribution < -0.4 is 16.0 Å². The molecule has 0 spiro atoms. The van der Waals surface area contributed by atoms with Crippen molar-refractivity contribution in [1.29, 1.82) is 0 Å². The molecule has 1 aromatic rings. The fourth-order valence-electron chi connectivity index (χ4n) is 4.89. The third-order valence-corrected chi connectivity index (χ3v) is 6.99. The Morgan fingerprint density at radius 1 is 1.24 bits per heavy atom. The number of rotatable bonds is 8. The zero-order chi connectivity index (χ0) is 23.1. The van der Waals surface area contributed by atoms with Crippen molar-refractivity contribution in [1.82, 2.24) is 20.9 Å². The average molecular weight is 572 g/mol. The highest BCUT2D eigenvalue weighted by Crippen LogP contribution is 2.48. The second kappa shape index (κ2) is 12.5. The van der Waals surface area contributed by atoms with Gasteiger partial charge in [-0.1, -0.05) is 26.0 Å². The Labute approximate surface area is 214 Å². The molecule has 1 aliphatic heterocycles. The number of carbonyl (C=O) groups is 2. The Bertz CT molecular complexity index is 826. The van der Waals surface area contributed by atoms with Crippen LogP contribution in [0.3, 0.4) is 0 Å². The monoisotopic (exact) mass is 571 g/mol. The van der Waals surface area contributed by atoms with Gasteiger partial charge < -0.3 is 25.6 Å². The summed E-state index contributed by atoms with van der Waals surface area (Å²) in [5.41, 5.74) is 1.79. The van der Waals surface area contributed by atoms with Crippen LogP contribution in [-0.2, 0) is 16.1 Å². The molecule has 2 aliphatic rings. The summed E-state index contributed by atoms with van der Waals surface area (Å²) in [6, 6.07) is 7.85. The van der Waals surface area contributed by atoms with Crippen molar-refractivity contribution in [3.63, 3.8) is 0 Å². The van der Waals surface area contributed by atoms with E-state index in [0.29, 0.717) is 37.3 Å². The molecule has 0 bridgehead atoms. The summed E-state index contributed by atoms with van der Waals surface area (Å²) in [4.78, 5) is 30.1. The van der Waals surface area contributed by atoms with E-state index in [1.807, 2.05) is 24.3 Å². The number of carbonyl (C=O) groups excluding carboxylic acids is 2. The van der Waals surface area contributed by atoms with Gasteiger partial charge in [-0.3, -0.25) is 14.6 Å². The fraction of sp³-hybridized carbons (Fsp3) is 0.625. The van der Waals surface area contributed by atoms with Crippen LogP contribution >= 0.6 is 24.0 Å². The zero-order valence-electron chi connectivity index (χ0n) is 20.1. The van der Waals surface area contributed by atoms with Crippen molar-refractivity contribution in [3.8, 4) is 0 Å². The van der Waals surface area contributed by atoms with E-state index in [1.54, 1.807) is 11.9 Å². The van der Waals surface area contributed by atoms with Crippen LogP contribution in [0.5, 0.6) is 0 Å². The average Bonchev–Trinajstić information content (AvgIpc) is 2.81. The highest BCUT2D eigenvalue weighted by molar-refractivity contribution is 14.0. The first-order valence-electron chi connectivity index (χ1n) is 11.7. The normalized spacial score (nSPS) is 22.0. The molecule has 9 heteroatoms. The number of hydrogen-bond donors (Lipinski definition) is 3. The summed E-state index contributed by atoms with van der Waals surface area (Å²) in [5.74, 6) is 0.551. The van der Waals surface area contributed by atoms with Crippen LogP contribution in [0.15, 0.2) is 29.3 Å². The minimum atomic E-state index is -0.112. The molecular weight excluding hydrogens is 533 g/mol. The number of halogens is 1. The molecule has 0 aromatic heterocycles. The molecule has 3 N–H and O–H groups in total. The predicted molar refractivity (Wildman–Crippen MR) is 141 cm³/mol. The lowest BCUT2D eigenvalue weighted by Gasteiger charge is -2.55. The molecule has 3 rings (SSSR count). The Hall–Kier alpha value is -1.88. The van der Waals surface area contributed by atoms with Gasteiger partial charge in [0.05, 0.1) is 12.6 Å². The Kier molecular flexibility index (Phi) is 10.4. The van der Waals surface area contributed by atoms with Gasteiger partial charge in [0.1, 0.15) is 0 Å². The van der Waals surface area contributed by atoms with E-state index in [9.17, 15) is 9.59 Å². The standard InChI is InChI=1S/C24H37N5O3.HI/c1-5-24(6-2)19(14-20(24)32-7-3)28-23(25-4)27-15-17-8-10-18(11-9-17)22(31)29-13-12-26-21(30)16-29;/h8-11,19-20H,5-7,12-16H2,1-4H3,(H,26,30)(H2,25,27,28);1H. The van der Waals surface area contributed by atoms with Crippen LogP contribution in [0.4, 0.5) is 0 Å². The first-order chi connectivity index (χ1) is 15.5. The number of piperazine rings is 1. The second-order valence-corrected chi connectivity index (χ2v) is 8.52. The van der Waals surface area contributed by atoms with Gasteiger partial charge in [-0.15, -0.1) is 24.0 Å². The van der Waals surface area contributed by atoms with Crippen molar-refractivity contribution in [3.05, 3.63) is 35.4 Å². The number of nitrogens with one attached hydrogen (secondary N) is 3. The van der Waals surface area contributed by atoms with Gasteiger partial charge in [-0.2, -0.15) is 0 Å². The summed E-state index contributed by atoms with van der Waals surface area (Å²) in [5, 5.41) is 9.71. The lowest BCUT2D eigenvalue weighted by Crippen LogP contribution is -2.65. The van der Waals surface area contributed by atoms with E-state index in [0.717, 1.165) is 37.4 Å². The summed E-state index contributed by atoms with van der Waals surface area (Å²) in [6.07, 6.45) is 3.42. The number of aliphatic imine (C=N–C) groups is 1. The van der Waals surface area contributed by atoms with E-state index in [1.165, 1.54) is 0 Å². The van der Waals surface area contributed by atoms with Gasteiger partial charge in [0.2, 0.25) is 5.91 Å². The first kappa shape index (κ1) is 27.4. The molecule has 8 nitrogen and oxygen atoms in total. The molecule has 1 saturated heterocycles. The third kappa shape index (κ3) is 6.17. The number of nitrogens with zero attached hydrogens (tertiary/aromatic N) is 2. The van der Waals surface area contributed by atoms with Gasteiger partial charge in [-0.05, 0) is 43.9 Å². The van der Waals surface area contributed by atoms with Crippen molar-refractivity contribution in [2.75, 3.05) is 33.3 Å². The maximum atomic E-state index is 12.6. The molecular formula is C24H38IN5O3. The quantitative estimate of drug-likeness (QED) is 0.253. The molecule has 184 valence electrons. The lowest BCUT2D eigenvalue weighted by molar-refractivity contribution is -0.133. The van der Waals surface area contributed by atoms with Gasteiger partial charge in [0.25, 0.3) is 5.91 Å². The largest absolute Gasteiger partial charge is 0.378 e. The summed E-state index contributed by atoms with van der Waals surface area (Å²) >= 11 is 0. The van der Waals surface area contributed by atoms with E-state index < -0.39 is 0 Å². The fourth-order valence-corrected chi connectivity index (χ4v) is 4.89. The molecule has 2 unspecified atom stereocenters. The minimum Gasteiger partial charge on any atom is -0.378 e. The second-order valence-electron chi connectivity index (χ2n) is 8.52. The van der Waals surface area contributed by atoms with Crippen molar-refractivity contribution in [2.45, 2.75) is 58.7 Å². The van der Waals surface area contributed by atoms with Gasteiger partial charge in [-0.25, -0.2) is 0 Å². The summed E-state index contributed by atoms with van der Waals surface area (Å²) in [7, 11) is 1.78. The molecule has 2 atom stereocenters. The molecule has 1 aromatic carbocycles. The molecule has 1 saturated carbocycles. The smallest absolute Gasteiger partial charge is 0.254 e. The predicted octanol–water partition coefficient (Wildman–Crippen LogP) is 2.53. The summed E-state index contributed by atoms with van der Waals surface area (Å²) in [6.45, 7) is 9.03. The molecule has 2 fully saturated rings. The van der Waals surface area contributed by atoms with Gasteiger partial charge >= 0.3 is 0 Å². The highest BCUT2D eigenvalue weighted by Gasteiger charge is 2.53. The topological polar surface area (TPSA) is 95.1 Å². The first-order valence-corrected chi connectivity index (χ1v) is 11.7. The number of amides is 2. The van der Waals surface area contributed by atoms with Crippen LogP contribution in [0.2, 0.25) is 0 Å². The number of hydrogen-bond acceptors (Lipinski definition) is 4. The Balaban J connectivity index is 0.00000385. The van der Waals surface area contributed by atoms with E-state index in [-0.39, 0.29) is 47.8 Å². The third-order valence-electron chi connectivity index (χ3n) is 6.99. The van der Waals surface area contributed by atoms with E-state index in [2.05, 4.69) is 41.7 Å². The summed E-state index contributed by atoms with van der Waals surface area (Å²) < 4.78 is 5.98. The SMILES string of the molecule is CCOC1CC(NC(=NC)NCc2ccc(C(=O)N3CCNC(=O)C3)cc2)C1(CC)CC.I. The molecule has 1 heterocycles. The maximum Gasteiger partial charge on any atom is 0.254 e. The van der Waals surface area contributed by atoms with Crippen LogP contribution in [0.1, 0.15) is 56.0 Å². The zero-order valence-corrected chi connectivity index (χ0v) is 22.5. The lowest BCUT2D eigenvalue weighted by atomic mass is 9.58. The maximum absolute atomic E-state index is 12.6. The minimum absolute atomic E-state index is 0. The van der Waals surface area contributed by atoms with Crippen LogP contribution in [-0.4, -0.2) is 68.1 Å². The van der Waals surface area contributed by atoms with Crippen molar-refractivity contribution < 1.29 is 14.3 Å². The van der Waals surface area contributed by atoms with Crippen LogP contribution in [0.25, 0.3) is 0 Å². The molecule has 2 amide bonds. The van der Waals surface area contributed by atoms with E-state index in [4.69, 9.17) is 4.74 Å². The number of benzene rings is 1. The van der Waals surface area contributed by atoms with Gasteiger partial charge in [0, 0.05) is 50.3 Å². The Morgan fingerprint density at radius 2 is 1.94 bits per heavy atom. The van der Waals surface area contributed by atoms with Crippen molar-refractivity contribution >= 4 is 41.8 Å². The number of guanidine groups is 1. The molecule has 0 radical (unpaired) electrons. The highest BCUT2D eigenvalue weighted by atomic mass is 127. The van der Waals surface area contributed by atoms with Gasteiger partial charge in [0.15, 0.2) is 5.96 Å². The molecule has 1 aliphatic carbocycles. The number of ether oxygens (including phenoxy) is 1.